The topological polar surface area (TPSA) is 52.6 Å². The summed E-state index contributed by atoms with van der Waals surface area (Å²) in [5, 5.41) is 6.89. The van der Waals surface area contributed by atoms with E-state index in [4.69, 9.17) is 4.98 Å². The van der Waals surface area contributed by atoms with E-state index >= 15 is 0 Å². The molecule has 1 atom stereocenters. The van der Waals surface area contributed by atoms with E-state index in [1.807, 2.05) is 13.2 Å². The largest absolute Gasteiger partial charge is 0.357 e. The number of anilines is 1. The third-order valence-electron chi connectivity index (χ3n) is 5.35. The molecule has 3 heterocycles. The van der Waals surface area contributed by atoms with E-state index in [2.05, 4.69) is 51.3 Å². The van der Waals surface area contributed by atoms with Gasteiger partial charge in [-0.05, 0) is 50.0 Å². The molecule has 26 heavy (non-hydrogen) atoms. The summed E-state index contributed by atoms with van der Waals surface area (Å²) in [6.45, 7) is 6.33. The lowest BCUT2D eigenvalue weighted by atomic mass is 10.1. The van der Waals surface area contributed by atoms with Gasteiger partial charge in [0.05, 0.1) is 0 Å². The molecule has 0 bridgehead atoms. The normalized spacial score (nSPS) is 24.4. The third kappa shape index (κ3) is 5.53. The molecule has 3 rings (SSSR count). The van der Waals surface area contributed by atoms with Gasteiger partial charge in [-0.1, -0.05) is 18.9 Å². The molecule has 2 aliphatic rings. The van der Waals surface area contributed by atoms with E-state index in [0.29, 0.717) is 4.75 Å². The van der Waals surface area contributed by atoms with Crippen LogP contribution >= 0.6 is 11.8 Å². The van der Waals surface area contributed by atoms with Gasteiger partial charge in [-0.2, -0.15) is 11.8 Å². The van der Waals surface area contributed by atoms with Crippen molar-refractivity contribution in [3.63, 3.8) is 0 Å². The zero-order chi connectivity index (χ0) is 18.2. The second-order valence-corrected chi connectivity index (χ2v) is 9.29. The maximum atomic E-state index is 4.69. The minimum Gasteiger partial charge on any atom is -0.357 e. The van der Waals surface area contributed by atoms with Crippen molar-refractivity contribution in [2.45, 2.75) is 56.7 Å². The number of thioether (sulfide) groups is 1. The lowest BCUT2D eigenvalue weighted by molar-refractivity contribution is 0.584. The first-order valence-corrected chi connectivity index (χ1v) is 11.0. The van der Waals surface area contributed by atoms with Crippen molar-refractivity contribution in [1.29, 1.82) is 0 Å². The molecule has 0 spiro atoms. The van der Waals surface area contributed by atoms with E-state index in [1.165, 1.54) is 49.8 Å². The van der Waals surface area contributed by atoms with Crippen molar-refractivity contribution < 1.29 is 0 Å². The number of nitrogens with one attached hydrogen (secondary N) is 2. The summed E-state index contributed by atoms with van der Waals surface area (Å²) in [6, 6.07) is 4.34. The summed E-state index contributed by atoms with van der Waals surface area (Å²) in [5.74, 6) is 3.26. The predicted molar refractivity (Wildman–Crippen MR) is 113 cm³/mol. The van der Waals surface area contributed by atoms with Crippen LogP contribution in [0.4, 0.5) is 5.82 Å². The van der Waals surface area contributed by atoms with Crippen LogP contribution in [0.3, 0.4) is 0 Å². The first-order chi connectivity index (χ1) is 12.7. The fourth-order valence-electron chi connectivity index (χ4n) is 3.66. The van der Waals surface area contributed by atoms with Crippen molar-refractivity contribution in [2.75, 3.05) is 37.3 Å². The smallest absolute Gasteiger partial charge is 0.191 e. The fourth-order valence-corrected chi connectivity index (χ4v) is 4.91. The summed E-state index contributed by atoms with van der Waals surface area (Å²) in [5.41, 5.74) is 1.19. The van der Waals surface area contributed by atoms with Crippen LogP contribution in [-0.4, -0.2) is 48.1 Å². The SMILES string of the molecule is CN=C(NCc1ccc(N2CCCCCC2)nc1)NCC1(C)CCCS1. The van der Waals surface area contributed by atoms with Crippen LogP contribution in [0, 0.1) is 0 Å². The Kier molecular flexibility index (Phi) is 7.06. The average molecular weight is 376 g/mol. The van der Waals surface area contributed by atoms with E-state index in [9.17, 15) is 0 Å². The van der Waals surface area contributed by atoms with Crippen LogP contribution in [0.2, 0.25) is 0 Å². The molecule has 5 nitrogen and oxygen atoms in total. The Hall–Kier alpha value is -1.43. The predicted octanol–water partition coefficient (Wildman–Crippen LogP) is 3.41. The number of guanidine groups is 1. The molecule has 2 saturated heterocycles. The van der Waals surface area contributed by atoms with Gasteiger partial charge in [-0.3, -0.25) is 4.99 Å². The van der Waals surface area contributed by atoms with Crippen molar-refractivity contribution in [3.05, 3.63) is 23.9 Å². The third-order valence-corrected chi connectivity index (χ3v) is 6.89. The standard InChI is InChI=1S/C20H33N5S/c1-20(10-7-13-26-20)16-24-19(21-2)23-15-17-8-9-18(22-14-17)25-11-5-3-4-6-12-25/h8-9,14H,3-7,10-13,15-16H2,1-2H3,(H2,21,23,24). The van der Waals surface area contributed by atoms with Gasteiger partial charge in [-0.15, -0.1) is 0 Å². The molecule has 2 aliphatic heterocycles. The Balaban J connectivity index is 1.47. The molecule has 1 aromatic rings. The Morgan fingerprint density at radius 3 is 2.62 bits per heavy atom. The molecule has 2 fully saturated rings. The lowest BCUT2D eigenvalue weighted by Crippen LogP contribution is -2.43. The second-order valence-electron chi connectivity index (χ2n) is 7.61. The van der Waals surface area contributed by atoms with Crippen molar-refractivity contribution in [3.8, 4) is 0 Å². The van der Waals surface area contributed by atoms with Crippen LogP contribution in [0.15, 0.2) is 23.3 Å². The van der Waals surface area contributed by atoms with Crippen molar-refractivity contribution in [2.24, 2.45) is 4.99 Å². The highest BCUT2D eigenvalue weighted by molar-refractivity contribution is 8.00. The Morgan fingerprint density at radius 2 is 2.00 bits per heavy atom. The van der Waals surface area contributed by atoms with Crippen LogP contribution < -0.4 is 15.5 Å². The van der Waals surface area contributed by atoms with Gasteiger partial charge in [0, 0.05) is 44.2 Å². The number of rotatable bonds is 5. The summed E-state index contributed by atoms with van der Waals surface area (Å²) >= 11 is 2.07. The second kappa shape index (κ2) is 9.49. The van der Waals surface area contributed by atoms with Gasteiger partial charge in [0.15, 0.2) is 5.96 Å². The highest BCUT2D eigenvalue weighted by Gasteiger charge is 2.29. The summed E-state index contributed by atoms with van der Waals surface area (Å²) < 4.78 is 0.341. The minimum atomic E-state index is 0.341. The maximum Gasteiger partial charge on any atom is 0.191 e. The van der Waals surface area contributed by atoms with Gasteiger partial charge in [-0.25, -0.2) is 4.98 Å². The summed E-state index contributed by atoms with van der Waals surface area (Å²) in [7, 11) is 1.83. The molecule has 0 radical (unpaired) electrons. The Morgan fingerprint density at radius 1 is 1.19 bits per heavy atom. The van der Waals surface area contributed by atoms with Crippen LogP contribution in [0.5, 0.6) is 0 Å². The van der Waals surface area contributed by atoms with E-state index in [0.717, 1.165) is 38.0 Å². The van der Waals surface area contributed by atoms with Gasteiger partial charge in [0.25, 0.3) is 0 Å². The fraction of sp³-hybridized carbons (Fsp3) is 0.700. The monoisotopic (exact) mass is 375 g/mol. The molecule has 1 unspecified atom stereocenters. The van der Waals surface area contributed by atoms with E-state index in [1.54, 1.807) is 0 Å². The first-order valence-electron chi connectivity index (χ1n) is 9.97. The number of aliphatic imine (C=N–C) groups is 1. The molecular weight excluding hydrogens is 342 g/mol. The zero-order valence-corrected chi connectivity index (χ0v) is 17.1. The molecule has 0 saturated carbocycles. The van der Waals surface area contributed by atoms with Crippen LogP contribution in [0.1, 0.15) is 51.0 Å². The molecule has 0 aromatic carbocycles. The number of pyridine rings is 1. The van der Waals surface area contributed by atoms with Gasteiger partial charge < -0.3 is 15.5 Å². The summed E-state index contributed by atoms with van der Waals surface area (Å²) in [6.07, 6.45) is 9.86. The van der Waals surface area contributed by atoms with Crippen LogP contribution in [-0.2, 0) is 6.54 Å². The minimum absolute atomic E-state index is 0.341. The van der Waals surface area contributed by atoms with E-state index < -0.39 is 0 Å². The quantitative estimate of drug-likeness (QED) is 0.610. The maximum absolute atomic E-state index is 4.69. The van der Waals surface area contributed by atoms with Gasteiger partial charge >= 0.3 is 0 Å². The van der Waals surface area contributed by atoms with Crippen molar-refractivity contribution in [1.82, 2.24) is 15.6 Å². The molecule has 6 heteroatoms. The molecule has 2 N–H and O–H groups in total. The molecule has 0 aliphatic carbocycles. The highest BCUT2D eigenvalue weighted by atomic mass is 32.2. The number of nitrogens with zero attached hydrogens (tertiary/aromatic N) is 3. The Bertz CT molecular complexity index is 572. The molecule has 1 aromatic heterocycles. The van der Waals surface area contributed by atoms with Gasteiger partial charge in [0.2, 0.25) is 0 Å². The summed E-state index contributed by atoms with van der Waals surface area (Å²) in [4.78, 5) is 11.5. The lowest BCUT2D eigenvalue weighted by Gasteiger charge is -2.24. The average Bonchev–Trinajstić information content (AvgIpc) is 2.93. The first kappa shape index (κ1) is 19.3. The van der Waals surface area contributed by atoms with E-state index in [-0.39, 0.29) is 0 Å². The van der Waals surface area contributed by atoms with Gasteiger partial charge in [0.1, 0.15) is 5.82 Å². The highest BCUT2D eigenvalue weighted by Crippen LogP contribution is 2.36. The molecule has 0 amide bonds. The zero-order valence-electron chi connectivity index (χ0n) is 16.3. The molecule has 144 valence electrons. The number of hydrogen-bond acceptors (Lipinski definition) is 4. The number of aromatic nitrogens is 1. The Labute approximate surface area is 162 Å². The number of hydrogen-bond donors (Lipinski definition) is 2. The molecular formula is C20H33N5S. The van der Waals surface area contributed by atoms with Crippen molar-refractivity contribution >= 4 is 23.5 Å². The van der Waals surface area contributed by atoms with Crippen LogP contribution in [0.25, 0.3) is 0 Å².